The minimum Gasteiger partial charge on any atom is -0.478 e. The van der Waals surface area contributed by atoms with Gasteiger partial charge in [0.15, 0.2) is 0 Å². The van der Waals surface area contributed by atoms with E-state index in [1.807, 2.05) is 0 Å². The van der Waals surface area contributed by atoms with E-state index >= 15 is 0 Å². The smallest absolute Gasteiger partial charge is 0.336 e. The minimum atomic E-state index is -1.26. The van der Waals surface area contributed by atoms with E-state index in [1.165, 1.54) is 24.3 Å². The Morgan fingerprint density at radius 1 is 0.667 bits per heavy atom. The Bertz CT molecular complexity index is 748. The van der Waals surface area contributed by atoms with E-state index in [2.05, 4.69) is 0 Å². The van der Waals surface area contributed by atoms with Gasteiger partial charge in [-0.1, -0.05) is 18.2 Å². The lowest BCUT2D eigenvalue weighted by molar-refractivity contribution is 0.0681. The fraction of sp³-hybridized carbons (Fsp3) is 0. The number of hydrogen-bond acceptors (Lipinski definition) is 3. The van der Waals surface area contributed by atoms with E-state index in [-0.39, 0.29) is 27.8 Å². The second kappa shape index (κ2) is 5.46. The van der Waals surface area contributed by atoms with Crippen LogP contribution in [0.15, 0.2) is 42.5 Å². The van der Waals surface area contributed by atoms with Gasteiger partial charge in [0.05, 0.1) is 16.7 Å². The molecule has 2 rings (SSSR count). The molecule has 6 heteroatoms. The molecule has 0 spiro atoms. The van der Waals surface area contributed by atoms with E-state index in [9.17, 15) is 24.6 Å². The molecule has 2 aromatic carbocycles. The molecule has 0 atom stereocenters. The summed E-state index contributed by atoms with van der Waals surface area (Å²) in [4.78, 5) is 33.5. The fourth-order valence-corrected chi connectivity index (χ4v) is 1.99. The normalized spacial score (nSPS) is 10.1. The fourth-order valence-electron chi connectivity index (χ4n) is 1.99. The molecule has 0 bridgehead atoms. The van der Waals surface area contributed by atoms with Crippen LogP contribution in [-0.4, -0.2) is 33.2 Å². The standard InChI is InChI=1S/C15H10O6/c16-13(17)8-5-6-11(15(20)21)12(7-8)9-3-1-2-4-10(9)14(18)19/h1-7H,(H,16,17)(H,18,19)(H,20,21). The monoisotopic (exact) mass is 286 g/mol. The Hall–Kier alpha value is -3.15. The molecular formula is C15H10O6. The second-order valence-electron chi connectivity index (χ2n) is 4.22. The van der Waals surface area contributed by atoms with Crippen LogP contribution in [0.1, 0.15) is 31.1 Å². The van der Waals surface area contributed by atoms with Crippen molar-refractivity contribution in [1.29, 1.82) is 0 Å². The maximum atomic E-state index is 11.3. The summed E-state index contributed by atoms with van der Waals surface area (Å²) in [6, 6.07) is 9.31. The van der Waals surface area contributed by atoms with Gasteiger partial charge in [0.25, 0.3) is 0 Å². The quantitative estimate of drug-likeness (QED) is 0.795. The predicted octanol–water partition coefficient (Wildman–Crippen LogP) is 2.45. The Morgan fingerprint density at radius 3 is 1.81 bits per heavy atom. The summed E-state index contributed by atoms with van der Waals surface area (Å²) in [6.45, 7) is 0. The third kappa shape index (κ3) is 2.74. The minimum absolute atomic E-state index is 0.0559. The summed E-state index contributed by atoms with van der Waals surface area (Å²) in [5.41, 5.74) is -0.155. The zero-order valence-corrected chi connectivity index (χ0v) is 10.6. The first-order valence-electron chi connectivity index (χ1n) is 5.85. The molecule has 2 aromatic rings. The van der Waals surface area contributed by atoms with Gasteiger partial charge in [-0.15, -0.1) is 0 Å². The third-order valence-corrected chi connectivity index (χ3v) is 2.94. The summed E-state index contributed by atoms with van der Waals surface area (Å²) >= 11 is 0. The van der Waals surface area contributed by atoms with Crippen LogP contribution in [0.3, 0.4) is 0 Å². The van der Waals surface area contributed by atoms with Gasteiger partial charge >= 0.3 is 17.9 Å². The second-order valence-corrected chi connectivity index (χ2v) is 4.22. The Kier molecular flexibility index (Phi) is 3.71. The van der Waals surface area contributed by atoms with Crippen LogP contribution in [0.4, 0.5) is 0 Å². The molecule has 3 N–H and O–H groups in total. The van der Waals surface area contributed by atoms with Crippen molar-refractivity contribution in [2.75, 3.05) is 0 Å². The SMILES string of the molecule is O=C(O)c1ccc(C(=O)O)c(-c2ccccc2C(=O)O)c1. The molecule has 0 radical (unpaired) electrons. The molecular weight excluding hydrogens is 276 g/mol. The van der Waals surface area contributed by atoms with Gasteiger partial charge in [0.1, 0.15) is 0 Å². The number of rotatable bonds is 4. The highest BCUT2D eigenvalue weighted by molar-refractivity contribution is 6.03. The van der Waals surface area contributed by atoms with Crippen molar-refractivity contribution in [2.45, 2.75) is 0 Å². The summed E-state index contributed by atoms with van der Waals surface area (Å²) in [6.07, 6.45) is 0. The number of hydrogen-bond donors (Lipinski definition) is 3. The first kappa shape index (κ1) is 14.3. The largest absolute Gasteiger partial charge is 0.478 e. The van der Waals surface area contributed by atoms with Crippen molar-refractivity contribution in [3.8, 4) is 11.1 Å². The molecule has 0 unspecified atom stereocenters. The van der Waals surface area contributed by atoms with E-state index < -0.39 is 17.9 Å². The van der Waals surface area contributed by atoms with Gasteiger partial charge in [-0.3, -0.25) is 0 Å². The van der Waals surface area contributed by atoms with Crippen LogP contribution in [0.5, 0.6) is 0 Å². The van der Waals surface area contributed by atoms with Gasteiger partial charge in [-0.25, -0.2) is 14.4 Å². The van der Waals surface area contributed by atoms with Gasteiger partial charge in [0, 0.05) is 0 Å². The molecule has 0 aliphatic rings. The van der Waals surface area contributed by atoms with Crippen LogP contribution >= 0.6 is 0 Å². The third-order valence-electron chi connectivity index (χ3n) is 2.94. The average molecular weight is 286 g/mol. The van der Waals surface area contributed by atoms with Crippen molar-refractivity contribution in [1.82, 2.24) is 0 Å². The average Bonchev–Trinajstić information content (AvgIpc) is 2.46. The summed E-state index contributed by atoms with van der Waals surface area (Å²) in [7, 11) is 0. The summed E-state index contributed by atoms with van der Waals surface area (Å²) in [5, 5.41) is 27.4. The maximum Gasteiger partial charge on any atom is 0.336 e. The number of aromatic carboxylic acids is 3. The lowest BCUT2D eigenvalue weighted by atomic mass is 9.93. The van der Waals surface area contributed by atoms with E-state index in [0.717, 1.165) is 12.1 Å². The Balaban J connectivity index is 2.78. The topological polar surface area (TPSA) is 112 Å². The number of carboxylic acid groups (broad SMARTS) is 3. The van der Waals surface area contributed by atoms with Gasteiger partial charge in [-0.2, -0.15) is 0 Å². The molecule has 21 heavy (non-hydrogen) atoms. The Labute approximate surface area is 118 Å². The van der Waals surface area contributed by atoms with Crippen molar-refractivity contribution >= 4 is 17.9 Å². The van der Waals surface area contributed by atoms with E-state index in [4.69, 9.17) is 5.11 Å². The number of carboxylic acids is 3. The highest BCUT2D eigenvalue weighted by Crippen LogP contribution is 2.28. The lowest BCUT2D eigenvalue weighted by Gasteiger charge is -2.10. The van der Waals surface area contributed by atoms with Gasteiger partial charge in [0.2, 0.25) is 0 Å². The molecule has 0 aliphatic carbocycles. The van der Waals surface area contributed by atoms with Crippen molar-refractivity contribution in [2.24, 2.45) is 0 Å². The van der Waals surface area contributed by atoms with Gasteiger partial charge in [-0.05, 0) is 35.4 Å². The zero-order chi connectivity index (χ0) is 15.6. The molecule has 0 fully saturated rings. The maximum absolute atomic E-state index is 11.3. The molecule has 0 heterocycles. The van der Waals surface area contributed by atoms with Crippen LogP contribution in [-0.2, 0) is 0 Å². The first-order chi connectivity index (χ1) is 9.91. The zero-order valence-electron chi connectivity index (χ0n) is 10.6. The van der Waals surface area contributed by atoms with Crippen LogP contribution in [0.25, 0.3) is 11.1 Å². The van der Waals surface area contributed by atoms with E-state index in [1.54, 1.807) is 6.07 Å². The highest BCUT2D eigenvalue weighted by atomic mass is 16.4. The lowest BCUT2D eigenvalue weighted by Crippen LogP contribution is -2.06. The molecule has 6 nitrogen and oxygen atoms in total. The van der Waals surface area contributed by atoms with Crippen molar-refractivity contribution < 1.29 is 29.7 Å². The highest BCUT2D eigenvalue weighted by Gasteiger charge is 2.19. The van der Waals surface area contributed by atoms with Crippen molar-refractivity contribution in [3.05, 3.63) is 59.2 Å². The molecule has 0 amide bonds. The molecule has 106 valence electrons. The van der Waals surface area contributed by atoms with Crippen molar-refractivity contribution in [3.63, 3.8) is 0 Å². The van der Waals surface area contributed by atoms with Gasteiger partial charge < -0.3 is 15.3 Å². The number of carbonyl (C=O) groups is 3. The molecule has 0 aliphatic heterocycles. The molecule has 0 saturated carbocycles. The Morgan fingerprint density at radius 2 is 1.24 bits per heavy atom. The molecule has 0 saturated heterocycles. The van der Waals surface area contributed by atoms with Crippen LogP contribution < -0.4 is 0 Å². The number of benzene rings is 2. The van der Waals surface area contributed by atoms with Crippen LogP contribution in [0.2, 0.25) is 0 Å². The summed E-state index contributed by atoms with van der Waals surface area (Å²) < 4.78 is 0. The molecule has 0 aromatic heterocycles. The van der Waals surface area contributed by atoms with Crippen LogP contribution in [0, 0.1) is 0 Å². The summed E-state index contributed by atoms with van der Waals surface area (Å²) in [5.74, 6) is -3.70. The van der Waals surface area contributed by atoms with E-state index in [0.29, 0.717) is 0 Å². The predicted molar refractivity (Wildman–Crippen MR) is 72.8 cm³/mol. The first-order valence-corrected chi connectivity index (χ1v) is 5.85.